The first kappa shape index (κ1) is 13.9. The molecule has 0 aromatic carbocycles. The highest BCUT2D eigenvalue weighted by Gasteiger charge is 2.21. The van der Waals surface area contributed by atoms with Crippen LogP contribution in [0.3, 0.4) is 0 Å². The lowest BCUT2D eigenvalue weighted by molar-refractivity contribution is -0.116. The number of hydrogen-bond donors (Lipinski definition) is 1. The van der Waals surface area contributed by atoms with Crippen LogP contribution < -0.4 is 0 Å². The highest BCUT2D eigenvalue weighted by atomic mass is 16.3. The van der Waals surface area contributed by atoms with Crippen molar-refractivity contribution in [3.05, 3.63) is 36.0 Å². The molecule has 94 valence electrons. The summed E-state index contributed by atoms with van der Waals surface area (Å²) in [4.78, 5) is 11.6. The van der Waals surface area contributed by atoms with Gasteiger partial charge in [-0.05, 0) is 44.6 Å². The van der Waals surface area contributed by atoms with Gasteiger partial charge in [0.15, 0.2) is 5.78 Å². The SMILES string of the molecule is C=C(CC[C@H](O)C(=C)C)[C@@H]1CC=C(C)C(=O)C1. The van der Waals surface area contributed by atoms with Gasteiger partial charge in [-0.15, -0.1) is 0 Å². The second kappa shape index (κ2) is 5.97. The summed E-state index contributed by atoms with van der Waals surface area (Å²) < 4.78 is 0. The fourth-order valence-electron chi connectivity index (χ4n) is 1.98. The maximum Gasteiger partial charge on any atom is 0.158 e. The third-order valence-corrected chi connectivity index (χ3v) is 3.47. The van der Waals surface area contributed by atoms with Crippen molar-refractivity contribution < 1.29 is 9.90 Å². The monoisotopic (exact) mass is 234 g/mol. The molecule has 0 spiro atoms. The van der Waals surface area contributed by atoms with Crippen LogP contribution in [0.5, 0.6) is 0 Å². The van der Waals surface area contributed by atoms with E-state index in [-0.39, 0.29) is 11.7 Å². The van der Waals surface area contributed by atoms with Crippen LogP contribution in [0.25, 0.3) is 0 Å². The van der Waals surface area contributed by atoms with E-state index < -0.39 is 6.10 Å². The number of carbonyl (C=O) groups is 1. The minimum atomic E-state index is -0.455. The Balaban J connectivity index is 2.45. The summed E-state index contributed by atoms with van der Waals surface area (Å²) in [7, 11) is 0. The smallest absolute Gasteiger partial charge is 0.158 e. The standard InChI is InChI=1S/C15H22O2/c1-10(2)14(16)8-6-11(3)13-7-5-12(4)15(17)9-13/h5,13-14,16H,1,3,6-9H2,2,4H3/t13-,14+/m1/s1. The number of ketones is 1. The minimum Gasteiger partial charge on any atom is -0.389 e. The number of aliphatic hydroxyl groups excluding tert-OH is 1. The van der Waals surface area contributed by atoms with E-state index in [1.54, 1.807) is 0 Å². The fourth-order valence-corrected chi connectivity index (χ4v) is 1.98. The molecular formula is C15H22O2. The summed E-state index contributed by atoms with van der Waals surface area (Å²) in [5, 5.41) is 9.65. The number of Topliss-reactive ketones (excluding diaryl/α,β-unsaturated/α-hetero) is 1. The van der Waals surface area contributed by atoms with E-state index in [9.17, 15) is 9.90 Å². The molecule has 2 heteroatoms. The van der Waals surface area contributed by atoms with E-state index >= 15 is 0 Å². The largest absolute Gasteiger partial charge is 0.389 e. The summed E-state index contributed by atoms with van der Waals surface area (Å²) in [5.41, 5.74) is 2.73. The maximum absolute atomic E-state index is 11.6. The van der Waals surface area contributed by atoms with Gasteiger partial charge in [0.05, 0.1) is 6.10 Å². The molecule has 0 aliphatic heterocycles. The van der Waals surface area contributed by atoms with E-state index in [4.69, 9.17) is 0 Å². The zero-order valence-corrected chi connectivity index (χ0v) is 10.8. The number of hydrogen-bond acceptors (Lipinski definition) is 2. The Morgan fingerprint density at radius 2 is 2.24 bits per heavy atom. The van der Waals surface area contributed by atoms with Crippen LogP contribution in [-0.2, 0) is 4.79 Å². The molecular weight excluding hydrogens is 212 g/mol. The van der Waals surface area contributed by atoms with Crippen LogP contribution in [0.1, 0.15) is 39.5 Å². The molecule has 1 N–H and O–H groups in total. The molecule has 0 aromatic rings. The Kier molecular flexibility index (Phi) is 4.88. The molecule has 0 radical (unpaired) electrons. The molecule has 0 unspecified atom stereocenters. The van der Waals surface area contributed by atoms with Crippen molar-refractivity contribution in [3.63, 3.8) is 0 Å². The molecule has 0 saturated carbocycles. The molecule has 0 saturated heterocycles. The van der Waals surface area contributed by atoms with Gasteiger partial charge >= 0.3 is 0 Å². The Hall–Kier alpha value is -1.15. The average Bonchev–Trinajstić information content (AvgIpc) is 2.28. The van der Waals surface area contributed by atoms with Crippen LogP contribution in [0.15, 0.2) is 36.0 Å². The van der Waals surface area contributed by atoms with Gasteiger partial charge in [0.25, 0.3) is 0 Å². The van der Waals surface area contributed by atoms with Gasteiger partial charge < -0.3 is 5.11 Å². The van der Waals surface area contributed by atoms with Gasteiger partial charge in [-0.3, -0.25) is 4.79 Å². The molecule has 1 aliphatic carbocycles. The van der Waals surface area contributed by atoms with Gasteiger partial charge in [-0.25, -0.2) is 0 Å². The lowest BCUT2D eigenvalue weighted by Crippen LogP contribution is -2.17. The quantitative estimate of drug-likeness (QED) is 0.742. The van der Waals surface area contributed by atoms with Crippen LogP contribution >= 0.6 is 0 Å². The Bertz CT molecular complexity index is 363. The summed E-state index contributed by atoms with van der Waals surface area (Å²) in [6.07, 6.45) is 4.43. The summed E-state index contributed by atoms with van der Waals surface area (Å²) >= 11 is 0. The third-order valence-electron chi connectivity index (χ3n) is 3.47. The van der Waals surface area contributed by atoms with E-state index in [2.05, 4.69) is 13.2 Å². The molecule has 1 aliphatic rings. The second-order valence-corrected chi connectivity index (χ2v) is 5.01. The van der Waals surface area contributed by atoms with Gasteiger partial charge in [0.2, 0.25) is 0 Å². The molecule has 2 atom stereocenters. The van der Waals surface area contributed by atoms with Crippen molar-refractivity contribution in [2.45, 2.75) is 45.6 Å². The van der Waals surface area contributed by atoms with Gasteiger partial charge in [0.1, 0.15) is 0 Å². The Morgan fingerprint density at radius 1 is 1.59 bits per heavy atom. The predicted octanol–water partition coefficient (Wildman–Crippen LogP) is 3.19. The first-order valence-electron chi connectivity index (χ1n) is 6.13. The van der Waals surface area contributed by atoms with Crippen LogP contribution in [-0.4, -0.2) is 17.0 Å². The Labute approximate surface area is 104 Å². The van der Waals surface area contributed by atoms with Gasteiger partial charge in [0, 0.05) is 6.42 Å². The van der Waals surface area contributed by atoms with E-state index in [0.29, 0.717) is 12.8 Å². The zero-order valence-electron chi connectivity index (χ0n) is 10.8. The number of rotatable bonds is 5. The number of allylic oxidation sites excluding steroid dienone is 3. The number of aliphatic hydroxyl groups is 1. The lowest BCUT2D eigenvalue weighted by Gasteiger charge is -2.22. The fraction of sp³-hybridized carbons (Fsp3) is 0.533. The van der Waals surface area contributed by atoms with Gasteiger partial charge in [-0.2, -0.15) is 0 Å². The minimum absolute atomic E-state index is 0.225. The predicted molar refractivity (Wildman–Crippen MR) is 70.7 cm³/mol. The van der Waals surface area contributed by atoms with Crippen molar-refractivity contribution in [3.8, 4) is 0 Å². The molecule has 2 nitrogen and oxygen atoms in total. The van der Waals surface area contributed by atoms with E-state index in [0.717, 1.165) is 29.6 Å². The first-order valence-corrected chi connectivity index (χ1v) is 6.13. The van der Waals surface area contributed by atoms with Crippen molar-refractivity contribution in [2.24, 2.45) is 5.92 Å². The molecule has 1 rings (SSSR count). The topological polar surface area (TPSA) is 37.3 Å². The molecule has 0 heterocycles. The highest BCUT2D eigenvalue weighted by Crippen LogP contribution is 2.29. The van der Waals surface area contributed by atoms with Crippen molar-refractivity contribution in [2.75, 3.05) is 0 Å². The lowest BCUT2D eigenvalue weighted by atomic mass is 9.82. The average molecular weight is 234 g/mol. The normalized spacial score (nSPS) is 21.9. The van der Waals surface area contributed by atoms with E-state index in [1.807, 2.05) is 19.9 Å². The van der Waals surface area contributed by atoms with E-state index in [1.165, 1.54) is 0 Å². The second-order valence-electron chi connectivity index (χ2n) is 5.01. The summed E-state index contributed by atoms with van der Waals surface area (Å²) in [6.45, 7) is 11.5. The van der Waals surface area contributed by atoms with Crippen LogP contribution in [0, 0.1) is 5.92 Å². The molecule has 0 aromatic heterocycles. The molecule has 0 bridgehead atoms. The third kappa shape index (κ3) is 3.97. The van der Waals surface area contributed by atoms with Crippen molar-refractivity contribution in [1.82, 2.24) is 0 Å². The highest BCUT2D eigenvalue weighted by molar-refractivity contribution is 5.95. The van der Waals surface area contributed by atoms with Crippen molar-refractivity contribution >= 4 is 5.78 Å². The van der Waals surface area contributed by atoms with Gasteiger partial charge in [-0.1, -0.05) is 30.4 Å². The maximum atomic E-state index is 11.6. The van der Waals surface area contributed by atoms with Crippen LogP contribution in [0.2, 0.25) is 0 Å². The molecule has 17 heavy (non-hydrogen) atoms. The molecule has 0 amide bonds. The van der Waals surface area contributed by atoms with Crippen molar-refractivity contribution in [1.29, 1.82) is 0 Å². The van der Waals surface area contributed by atoms with Crippen LogP contribution in [0.4, 0.5) is 0 Å². The molecule has 0 fully saturated rings. The number of carbonyl (C=O) groups excluding carboxylic acids is 1. The summed E-state index contributed by atoms with van der Waals surface area (Å²) in [5.74, 6) is 0.478. The first-order chi connectivity index (χ1) is 7.91. The Morgan fingerprint density at radius 3 is 2.76 bits per heavy atom. The summed E-state index contributed by atoms with van der Waals surface area (Å²) in [6, 6.07) is 0. The zero-order chi connectivity index (χ0) is 13.0.